The molecule has 7 heteroatoms. The third kappa shape index (κ3) is 3.03. The second-order valence-corrected chi connectivity index (χ2v) is 5.72. The summed E-state index contributed by atoms with van der Waals surface area (Å²) in [5.74, 6) is 0.969. The van der Waals surface area contributed by atoms with Crippen molar-refractivity contribution in [3.05, 3.63) is 52.3 Å². The van der Waals surface area contributed by atoms with Crippen LogP contribution in [0.5, 0.6) is 0 Å². The molecule has 0 bridgehead atoms. The topological polar surface area (TPSA) is 93.6 Å². The van der Waals surface area contributed by atoms with Crippen LogP contribution >= 0.6 is 15.9 Å². The van der Waals surface area contributed by atoms with Gasteiger partial charge in [0.25, 0.3) is 0 Å². The Morgan fingerprint density at radius 1 is 1.43 bits per heavy atom. The van der Waals surface area contributed by atoms with E-state index in [2.05, 4.69) is 36.0 Å². The molecule has 1 aromatic carbocycles. The van der Waals surface area contributed by atoms with Crippen LogP contribution in [-0.4, -0.2) is 20.1 Å². The number of aryl methyl sites for hydroxylation is 1. The lowest BCUT2D eigenvalue weighted by molar-refractivity contribution is 0.354. The highest BCUT2D eigenvalue weighted by molar-refractivity contribution is 9.10. The lowest BCUT2D eigenvalue weighted by Crippen LogP contribution is -2.14. The lowest BCUT2D eigenvalue weighted by atomic mass is 10.1. The highest BCUT2D eigenvalue weighted by atomic mass is 79.9. The van der Waals surface area contributed by atoms with Gasteiger partial charge in [0.1, 0.15) is 0 Å². The van der Waals surface area contributed by atoms with E-state index in [1.165, 1.54) is 0 Å². The van der Waals surface area contributed by atoms with Gasteiger partial charge in [0.2, 0.25) is 11.7 Å². The molecule has 3 aromatic rings. The van der Waals surface area contributed by atoms with Crippen molar-refractivity contribution in [1.29, 1.82) is 0 Å². The van der Waals surface area contributed by atoms with E-state index < -0.39 is 0 Å². The minimum Gasteiger partial charge on any atom is -0.348 e. The zero-order valence-corrected chi connectivity index (χ0v) is 13.0. The number of halogens is 1. The Morgan fingerprint density at radius 2 is 2.29 bits per heavy atom. The van der Waals surface area contributed by atoms with Gasteiger partial charge >= 0.3 is 0 Å². The van der Waals surface area contributed by atoms with Gasteiger partial charge in [-0.3, -0.25) is 0 Å². The SMILES string of the molecule is Cc1cc(Br)ccc1-c1noc(C(N)Cc2cnc[nH]2)n1. The van der Waals surface area contributed by atoms with Gasteiger partial charge in [0.05, 0.1) is 12.4 Å². The van der Waals surface area contributed by atoms with Crippen LogP contribution in [0.15, 0.2) is 39.7 Å². The Labute approximate surface area is 129 Å². The van der Waals surface area contributed by atoms with Crippen molar-refractivity contribution in [2.45, 2.75) is 19.4 Å². The lowest BCUT2D eigenvalue weighted by Gasteiger charge is -2.04. The number of nitrogens with one attached hydrogen (secondary N) is 1. The van der Waals surface area contributed by atoms with Crippen molar-refractivity contribution in [2.75, 3.05) is 0 Å². The number of rotatable bonds is 4. The molecule has 1 atom stereocenters. The molecule has 21 heavy (non-hydrogen) atoms. The van der Waals surface area contributed by atoms with Crippen LogP contribution in [0.25, 0.3) is 11.4 Å². The largest absolute Gasteiger partial charge is 0.348 e. The summed E-state index contributed by atoms with van der Waals surface area (Å²) in [7, 11) is 0. The number of aromatic amines is 1. The maximum absolute atomic E-state index is 6.09. The van der Waals surface area contributed by atoms with Crippen LogP contribution in [0.2, 0.25) is 0 Å². The van der Waals surface area contributed by atoms with Crippen LogP contribution < -0.4 is 5.73 Å². The molecular weight excluding hydrogens is 334 g/mol. The van der Waals surface area contributed by atoms with Crippen molar-refractivity contribution < 1.29 is 4.52 Å². The van der Waals surface area contributed by atoms with Crippen LogP contribution in [0, 0.1) is 6.92 Å². The standard InChI is InChI=1S/C14H14BrN5O/c1-8-4-9(15)2-3-11(8)13-19-14(21-20-13)12(16)5-10-6-17-7-18-10/h2-4,6-7,12H,5,16H2,1H3,(H,17,18). The first-order valence-electron chi connectivity index (χ1n) is 6.46. The van der Waals surface area contributed by atoms with Gasteiger partial charge in [-0.25, -0.2) is 4.98 Å². The number of imidazole rings is 1. The molecule has 6 nitrogen and oxygen atoms in total. The predicted molar refractivity (Wildman–Crippen MR) is 81.4 cm³/mol. The molecule has 0 amide bonds. The second kappa shape index (κ2) is 5.79. The van der Waals surface area contributed by atoms with Crippen LogP contribution in [0.1, 0.15) is 23.2 Å². The molecule has 0 aliphatic heterocycles. The summed E-state index contributed by atoms with van der Waals surface area (Å²) >= 11 is 3.44. The average Bonchev–Trinajstić information content (AvgIpc) is 3.09. The molecule has 0 aliphatic rings. The van der Waals surface area contributed by atoms with E-state index >= 15 is 0 Å². The molecule has 2 aromatic heterocycles. The number of aromatic nitrogens is 4. The molecule has 3 N–H and O–H groups in total. The first-order chi connectivity index (χ1) is 10.1. The summed E-state index contributed by atoms with van der Waals surface area (Å²) in [5.41, 5.74) is 9.02. The minimum atomic E-state index is -0.359. The summed E-state index contributed by atoms with van der Waals surface area (Å²) in [6.07, 6.45) is 3.92. The Bertz CT molecular complexity index is 738. The van der Waals surface area contributed by atoms with Crippen molar-refractivity contribution >= 4 is 15.9 Å². The first-order valence-corrected chi connectivity index (χ1v) is 7.26. The summed E-state index contributed by atoms with van der Waals surface area (Å²) < 4.78 is 6.30. The second-order valence-electron chi connectivity index (χ2n) is 4.80. The number of hydrogen-bond donors (Lipinski definition) is 2. The van der Waals surface area contributed by atoms with Crippen molar-refractivity contribution in [1.82, 2.24) is 20.1 Å². The van der Waals surface area contributed by atoms with E-state index in [-0.39, 0.29) is 6.04 Å². The molecule has 2 heterocycles. The van der Waals surface area contributed by atoms with Crippen molar-refractivity contribution in [2.24, 2.45) is 5.73 Å². The van der Waals surface area contributed by atoms with Gasteiger partial charge in [-0.2, -0.15) is 4.98 Å². The van der Waals surface area contributed by atoms with Gasteiger partial charge in [-0.05, 0) is 30.7 Å². The Balaban J connectivity index is 1.82. The highest BCUT2D eigenvalue weighted by Crippen LogP contribution is 2.25. The van der Waals surface area contributed by atoms with Gasteiger partial charge in [0, 0.05) is 28.3 Å². The normalized spacial score (nSPS) is 12.5. The fourth-order valence-electron chi connectivity index (χ4n) is 2.09. The highest BCUT2D eigenvalue weighted by Gasteiger charge is 2.17. The third-order valence-electron chi connectivity index (χ3n) is 3.18. The number of nitrogens with two attached hydrogens (primary N) is 1. The molecule has 0 radical (unpaired) electrons. The molecular formula is C14H14BrN5O. The third-order valence-corrected chi connectivity index (χ3v) is 3.68. The van der Waals surface area contributed by atoms with E-state index in [0.29, 0.717) is 18.1 Å². The van der Waals surface area contributed by atoms with Gasteiger partial charge in [-0.1, -0.05) is 21.1 Å². The molecule has 0 saturated heterocycles. The summed E-state index contributed by atoms with van der Waals surface area (Å²) in [5, 5.41) is 4.02. The van der Waals surface area contributed by atoms with Gasteiger partial charge in [-0.15, -0.1) is 0 Å². The number of hydrogen-bond acceptors (Lipinski definition) is 5. The Morgan fingerprint density at radius 3 is 3.00 bits per heavy atom. The summed E-state index contributed by atoms with van der Waals surface area (Å²) in [4.78, 5) is 11.4. The quantitative estimate of drug-likeness (QED) is 0.756. The van der Waals surface area contributed by atoms with E-state index in [0.717, 1.165) is 21.3 Å². The minimum absolute atomic E-state index is 0.359. The number of benzene rings is 1. The molecule has 108 valence electrons. The van der Waals surface area contributed by atoms with Crippen molar-refractivity contribution in [3.8, 4) is 11.4 Å². The maximum Gasteiger partial charge on any atom is 0.244 e. The molecule has 0 saturated carbocycles. The smallest absolute Gasteiger partial charge is 0.244 e. The molecule has 3 rings (SSSR count). The number of nitrogens with zero attached hydrogens (tertiary/aromatic N) is 3. The average molecular weight is 348 g/mol. The van der Waals surface area contributed by atoms with Crippen LogP contribution in [-0.2, 0) is 6.42 Å². The van der Waals surface area contributed by atoms with Crippen LogP contribution in [0.4, 0.5) is 0 Å². The summed E-state index contributed by atoms with van der Waals surface area (Å²) in [6.45, 7) is 2.00. The molecule has 0 spiro atoms. The Hall–Kier alpha value is -1.99. The van der Waals surface area contributed by atoms with E-state index in [1.54, 1.807) is 12.5 Å². The predicted octanol–water partition coefficient (Wildman–Crippen LogP) is 2.77. The molecule has 0 fully saturated rings. The van der Waals surface area contributed by atoms with E-state index in [4.69, 9.17) is 10.3 Å². The zero-order valence-electron chi connectivity index (χ0n) is 11.4. The fourth-order valence-corrected chi connectivity index (χ4v) is 2.57. The molecule has 0 aliphatic carbocycles. The van der Waals surface area contributed by atoms with E-state index in [1.807, 2.05) is 25.1 Å². The van der Waals surface area contributed by atoms with Crippen LogP contribution in [0.3, 0.4) is 0 Å². The maximum atomic E-state index is 6.09. The zero-order chi connectivity index (χ0) is 14.8. The first kappa shape index (κ1) is 14.0. The fraction of sp³-hybridized carbons (Fsp3) is 0.214. The van der Waals surface area contributed by atoms with Gasteiger partial charge in [0.15, 0.2) is 0 Å². The number of H-pyrrole nitrogens is 1. The molecule has 1 unspecified atom stereocenters. The van der Waals surface area contributed by atoms with Gasteiger partial charge < -0.3 is 15.2 Å². The Kier molecular flexibility index (Phi) is 3.85. The van der Waals surface area contributed by atoms with E-state index in [9.17, 15) is 0 Å². The summed E-state index contributed by atoms with van der Waals surface area (Å²) in [6, 6.07) is 5.55. The van der Waals surface area contributed by atoms with Crippen molar-refractivity contribution in [3.63, 3.8) is 0 Å². The monoisotopic (exact) mass is 347 g/mol.